The standard InChI is InChI=1S/C22H24FN3O3S/c1-29-14-13-24-20(27)8-4-5-15-30-22-25-19-7-3-2-6-18(19)21(28)26(22)17-11-9-16(23)10-12-17/h2-3,6-7,9-12H,4-5,8,13-15H2,1H3,(H,24,27). The minimum Gasteiger partial charge on any atom is -0.383 e. The van der Waals surface area contributed by atoms with Gasteiger partial charge in [0.1, 0.15) is 5.82 Å². The summed E-state index contributed by atoms with van der Waals surface area (Å²) < 4.78 is 19.8. The van der Waals surface area contributed by atoms with Crippen LogP contribution in [-0.2, 0) is 9.53 Å². The van der Waals surface area contributed by atoms with Gasteiger partial charge in [-0.05, 0) is 49.2 Å². The number of unbranched alkanes of at least 4 members (excludes halogenated alkanes) is 1. The number of benzene rings is 2. The summed E-state index contributed by atoms with van der Waals surface area (Å²) in [6.07, 6.45) is 1.98. The summed E-state index contributed by atoms with van der Waals surface area (Å²) in [5, 5.41) is 3.86. The van der Waals surface area contributed by atoms with Crippen molar-refractivity contribution < 1.29 is 13.9 Å². The first kappa shape index (κ1) is 22.0. The van der Waals surface area contributed by atoms with Gasteiger partial charge in [-0.1, -0.05) is 23.9 Å². The van der Waals surface area contributed by atoms with Gasteiger partial charge in [-0.2, -0.15) is 0 Å². The summed E-state index contributed by atoms with van der Waals surface area (Å²) in [4.78, 5) is 29.5. The van der Waals surface area contributed by atoms with Crippen LogP contribution < -0.4 is 10.9 Å². The van der Waals surface area contributed by atoms with Crippen molar-refractivity contribution in [2.75, 3.05) is 26.0 Å². The second-order valence-electron chi connectivity index (χ2n) is 6.68. The van der Waals surface area contributed by atoms with E-state index >= 15 is 0 Å². The molecule has 0 fully saturated rings. The van der Waals surface area contributed by atoms with Crippen LogP contribution >= 0.6 is 11.8 Å². The fraction of sp³-hybridized carbons (Fsp3) is 0.318. The number of ether oxygens (including phenoxy) is 1. The summed E-state index contributed by atoms with van der Waals surface area (Å²) in [7, 11) is 1.59. The molecule has 0 unspecified atom stereocenters. The van der Waals surface area contributed by atoms with Crippen molar-refractivity contribution in [1.82, 2.24) is 14.9 Å². The van der Waals surface area contributed by atoms with Crippen LogP contribution in [0.4, 0.5) is 4.39 Å². The number of hydrogen-bond acceptors (Lipinski definition) is 5. The Morgan fingerprint density at radius 2 is 1.93 bits per heavy atom. The first-order valence-corrected chi connectivity index (χ1v) is 10.7. The number of nitrogens with one attached hydrogen (secondary N) is 1. The van der Waals surface area contributed by atoms with Crippen LogP contribution in [0.3, 0.4) is 0 Å². The zero-order valence-electron chi connectivity index (χ0n) is 16.8. The Hall–Kier alpha value is -2.71. The molecule has 0 radical (unpaired) electrons. The van der Waals surface area contributed by atoms with Gasteiger partial charge >= 0.3 is 0 Å². The molecule has 2 aromatic carbocycles. The average molecular weight is 430 g/mol. The molecule has 3 aromatic rings. The van der Waals surface area contributed by atoms with E-state index in [0.29, 0.717) is 47.1 Å². The molecule has 6 nitrogen and oxygen atoms in total. The fourth-order valence-electron chi connectivity index (χ4n) is 2.96. The summed E-state index contributed by atoms with van der Waals surface area (Å²) in [5.74, 6) is 0.347. The number of para-hydroxylation sites is 1. The largest absolute Gasteiger partial charge is 0.383 e. The fourth-order valence-corrected chi connectivity index (χ4v) is 3.97. The molecule has 0 saturated heterocycles. The summed E-state index contributed by atoms with van der Waals surface area (Å²) in [6.45, 7) is 1.01. The van der Waals surface area contributed by atoms with E-state index in [1.807, 2.05) is 6.07 Å². The summed E-state index contributed by atoms with van der Waals surface area (Å²) in [5.41, 5.74) is 1.01. The number of hydrogen-bond donors (Lipinski definition) is 1. The van der Waals surface area contributed by atoms with Crippen molar-refractivity contribution in [3.63, 3.8) is 0 Å². The lowest BCUT2D eigenvalue weighted by atomic mass is 10.2. The quantitative estimate of drug-likeness (QED) is 0.303. The highest BCUT2D eigenvalue weighted by molar-refractivity contribution is 7.99. The highest BCUT2D eigenvalue weighted by atomic mass is 32.2. The van der Waals surface area contributed by atoms with E-state index in [2.05, 4.69) is 10.3 Å². The van der Waals surface area contributed by atoms with Gasteiger partial charge < -0.3 is 10.1 Å². The van der Waals surface area contributed by atoms with Gasteiger partial charge in [0.2, 0.25) is 5.91 Å². The number of fused-ring (bicyclic) bond motifs is 1. The number of methoxy groups -OCH3 is 1. The maximum atomic E-state index is 13.4. The van der Waals surface area contributed by atoms with Crippen LogP contribution in [0.25, 0.3) is 16.6 Å². The van der Waals surface area contributed by atoms with Crippen LogP contribution in [0.2, 0.25) is 0 Å². The molecule has 0 spiro atoms. The van der Waals surface area contributed by atoms with Gasteiger partial charge in [0.25, 0.3) is 5.56 Å². The smallest absolute Gasteiger partial charge is 0.266 e. The first-order chi connectivity index (χ1) is 14.6. The molecule has 0 aliphatic rings. The minimum atomic E-state index is -0.362. The van der Waals surface area contributed by atoms with E-state index in [9.17, 15) is 14.0 Å². The van der Waals surface area contributed by atoms with Crippen LogP contribution in [-0.4, -0.2) is 41.5 Å². The lowest BCUT2D eigenvalue weighted by molar-refractivity contribution is -0.121. The molecule has 0 saturated carbocycles. The molecule has 158 valence electrons. The maximum Gasteiger partial charge on any atom is 0.266 e. The SMILES string of the molecule is COCCNC(=O)CCCCSc1nc2ccccc2c(=O)n1-c1ccc(F)cc1. The first-order valence-electron chi connectivity index (χ1n) is 9.76. The van der Waals surface area contributed by atoms with Gasteiger partial charge in [0.05, 0.1) is 23.2 Å². The van der Waals surface area contributed by atoms with Crippen molar-refractivity contribution in [1.29, 1.82) is 0 Å². The third-order valence-corrected chi connectivity index (χ3v) is 5.51. The molecule has 1 aromatic heterocycles. The van der Waals surface area contributed by atoms with Crippen molar-refractivity contribution in [3.05, 3.63) is 64.7 Å². The predicted octanol–water partition coefficient (Wildman–Crippen LogP) is 3.55. The molecule has 3 rings (SSSR count). The number of carbonyl (C=O) groups excluding carboxylic acids is 1. The second kappa shape index (κ2) is 10.9. The molecule has 0 aliphatic heterocycles. The van der Waals surface area contributed by atoms with Gasteiger partial charge in [-0.3, -0.25) is 14.2 Å². The van der Waals surface area contributed by atoms with Crippen molar-refractivity contribution in [2.45, 2.75) is 24.4 Å². The van der Waals surface area contributed by atoms with E-state index in [1.165, 1.54) is 28.5 Å². The second-order valence-corrected chi connectivity index (χ2v) is 7.74. The Morgan fingerprint density at radius 1 is 1.17 bits per heavy atom. The number of carbonyl (C=O) groups is 1. The lowest BCUT2D eigenvalue weighted by Gasteiger charge is -2.13. The van der Waals surface area contributed by atoms with E-state index in [0.717, 1.165) is 12.8 Å². The lowest BCUT2D eigenvalue weighted by Crippen LogP contribution is -2.26. The van der Waals surface area contributed by atoms with Crippen molar-refractivity contribution in [3.8, 4) is 5.69 Å². The number of rotatable bonds is 10. The molecule has 8 heteroatoms. The van der Waals surface area contributed by atoms with Crippen LogP contribution in [0.15, 0.2) is 58.5 Å². The highest BCUT2D eigenvalue weighted by Crippen LogP contribution is 2.22. The third-order valence-electron chi connectivity index (χ3n) is 4.49. The zero-order valence-corrected chi connectivity index (χ0v) is 17.6. The number of halogens is 1. The molecule has 0 atom stereocenters. The van der Waals surface area contributed by atoms with Gasteiger partial charge in [-0.15, -0.1) is 0 Å². The minimum absolute atomic E-state index is 0.00380. The van der Waals surface area contributed by atoms with E-state index in [1.54, 1.807) is 37.4 Å². The monoisotopic (exact) mass is 429 g/mol. The Balaban J connectivity index is 1.71. The van der Waals surface area contributed by atoms with Crippen LogP contribution in [0.5, 0.6) is 0 Å². The normalized spacial score (nSPS) is 11.0. The molecular weight excluding hydrogens is 405 g/mol. The van der Waals surface area contributed by atoms with Gasteiger partial charge in [-0.25, -0.2) is 9.37 Å². The summed E-state index contributed by atoms with van der Waals surface area (Å²) >= 11 is 1.45. The van der Waals surface area contributed by atoms with Crippen LogP contribution in [0, 0.1) is 5.82 Å². The Bertz CT molecular complexity index is 1050. The molecule has 30 heavy (non-hydrogen) atoms. The number of aromatic nitrogens is 2. The highest BCUT2D eigenvalue weighted by Gasteiger charge is 2.13. The number of amides is 1. The van der Waals surface area contributed by atoms with Crippen molar-refractivity contribution >= 4 is 28.6 Å². The molecule has 1 amide bonds. The number of thioether (sulfide) groups is 1. The predicted molar refractivity (Wildman–Crippen MR) is 117 cm³/mol. The maximum absolute atomic E-state index is 13.4. The zero-order chi connectivity index (χ0) is 21.3. The molecule has 1 heterocycles. The van der Waals surface area contributed by atoms with E-state index in [4.69, 9.17) is 4.74 Å². The number of nitrogens with zero attached hydrogens (tertiary/aromatic N) is 2. The topological polar surface area (TPSA) is 73.2 Å². The Labute approximate surface area is 178 Å². The molecule has 0 aliphatic carbocycles. The van der Waals surface area contributed by atoms with Crippen LogP contribution in [0.1, 0.15) is 19.3 Å². The van der Waals surface area contributed by atoms with Crippen molar-refractivity contribution in [2.24, 2.45) is 0 Å². The molecular formula is C22H24FN3O3S. The Morgan fingerprint density at radius 3 is 2.70 bits per heavy atom. The molecule has 1 N–H and O–H groups in total. The third kappa shape index (κ3) is 5.67. The summed E-state index contributed by atoms with van der Waals surface area (Å²) in [6, 6.07) is 13.0. The van der Waals surface area contributed by atoms with E-state index in [-0.39, 0.29) is 17.3 Å². The van der Waals surface area contributed by atoms with Gasteiger partial charge in [0.15, 0.2) is 5.16 Å². The van der Waals surface area contributed by atoms with E-state index < -0.39 is 0 Å². The average Bonchev–Trinajstić information content (AvgIpc) is 2.75. The Kier molecular flexibility index (Phi) is 7.98. The van der Waals surface area contributed by atoms with Gasteiger partial charge in [0, 0.05) is 25.8 Å². The molecule has 0 bridgehead atoms.